The van der Waals surface area contributed by atoms with E-state index in [4.69, 9.17) is 11.0 Å². The first-order valence-electron chi connectivity index (χ1n) is 6.30. The second-order valence-electron chi connectivity index (χ2n) is 4.51. The zero-order valence-corrected chi connectivity index (χ0v) is 11.2. The molecule has 0 saturated heterocycles. The van der Waals surface area contributed by atoms with Crippen molar-refractivity contribution < 1.29 is 4.79 Å². The number of nitriles is 1. The van der Waals surface area contributed by atoms with Gasteiger partial charge in [0.2, 0.25) is 5.91 Å². The smallest absolute Gasteiger partial charge is 0.251 e. The summed E-state index contributed by atoms with van der Waals surface area (Å²) in [5.74, 6) is -0.323. The van der Waals surface area contributed by atoms with Crippen molar-refractivity contribution in [2.24, 2.45) is 0 Å². The molecule has 6 nitrogen and oxygen atoms in total. The maximum Gasteiger partial charge on any atom is 0.251 e. The van der Waals surface area contributed by atoms with Gasteiger partial charge in [0.1, 0.15) is 6.54 Å². The molecule has 0 unspecified atom stereocenters. The summed E-state index contributed by atoms with van der Waals surface area (Å²) in [7, 11) is 0. The molecule has 0 atom stereocenters. The number of carbonyl (C=O) groups is 1. The largest absolute Gasteiger partial charge is 0.398 e. The van der Waals surface area contributed by atoms with Crippen molar-refractivity contribution in [1.29, 1.82) is 5.26 Å². The Morgan fingerprint density at radius 2 is 1.95 bits per heavy atom. The summed E-state index contributed by atoms with van der Waals surface area (Å²) in [5, 5.41) is 11.3. The molecule has 1 heterocycles. The van der Waals surface area contributed by atoms with Crippen LogP contribution in [0.2, 0.25) is 0 Å². The molecule has 3 N–H and O–H groups in total. The molecule has 1 amide bonds. The van der Waals surface area contributed by atoms with Crippen LogP contribution in [0, 0.1) is 11.3 Å². The van der Waals surface area contributed by atoms with Crippen LogP contribution < -0.4 is 16.6 Å². The number of nitrogens with zero attached hydrogens (tertiary/aromatic N) is 2. The molecule has 21 heavy (non-hydrogen) atoms. The summed E-state index contributed by atoms with van der Waals surface area (Å²) < 4.78 is 1.24. The van der Waals surface area contributed by atoms with Gasteiger partial charge in [-0.15, -0.1) is 0 Å². The van der Waals surface area contributed by atoms with Gasteiger partial charge in [0, 0.05) is 23.6 Å². The van der Waals surface area contributed by atoms with Crippen molar-refractivity contribution in [3.8, 4) is 6.07 Å². The normalized spacial score (nSPS) is 9.86. The fraction of sp³-hybridized carbons (Fsp3) is 0.133. The van der Waals surface area contributed by atoms with Crippen molar-refractivity contribution in [2.75, 3.05) is 11.1 Å². The Labute approximate surface area is 121 Å². The molecule has 1 aromatic heterocycles. The van der Waals surface area contributed by atoms with Crippen LogP contribution in [-0.4, -0.2) is 10.5 Å². The molecule has 0 fully saturated rings. The predicted molar refractivity (Wildman–Crippen MR) is 79.5 cm³/mol. The number of nitrogens with one attached hydrogen (secondary N) is 1. The Morgan fingerprint density at radius 1 is 1.24 bits per heavy atom. The monoisotopic (exact) mass is 282 g/mol. The Balaban J connectivity index is 2.03. The van der Waals surface area contributed by atoms with E-state index in [1.807, 2.05) is 0 Å². The highest BCUT2D eigenvalue weighted by molar-refractivity contribution is 5.90. The Morgan fingerprint density at radius 3 is 2.62 bits per heavy atom. The fourth-order valence-electron chi connectivity index (χ4n) is 1.83. The second-order valence-corrected chi connectivity index (χ2v) is 4.51. The van der Waals surface area contributed by atoms with Gasteiger partial charge in [-0.3, -0.25) is 9.59 Å². The summed E-state index contributed by atoms with van der Waals surface area (Å²) in [6, 6.07) is 11.8. The standard InChI is InChI=1S/C15H14N4O2/c16-8-7-11-1-4-13(5-2-11)18-14(20)10-19-9-12(17)3-6-15(19)21/h1-6,9H,7,10,17H2,(H,18,20). The van der Waals surface area contributed by atoms with Crippen molar-refractivity contribution in [1.82, 2.24) is 4.57 Å². The lowest BCUT2D eigenvalue weighted by Gasteiger charge is -2.08. The number of nitrogens with two attached hydrogens (primary N) is 1. The highest BCUT2D eigenvalue weighted by Gasteiger charge is 2.05. The molecule has 0 aliphatic carbocycles. The lowest BCUT2D eigenvalue weighted by atomic mass is 10.1. The van der Waals surface area contributed by atoms with Crippen LogP contribution in [0.25, 0.3) is 0 Å². The zero-order chi connectivity index (χ0) is 15.2. The van der Waals surface area contributed by atoms with Crippen LogP contribution in [0.5, 0.6) is 0 Å². The highest BCUT2D eigenvalue weighted by atomic mass is 16.2. The quantitative estimate of drug-likeness (QED) is 0.877. The van der Waals surface area contributed by atoms with Crippen LogP contribution in [0.4, 0.5) is 11.4 Å². The lowest BCUT2D eigenvalue weighted by molar-refractivity contribution is -0.116. The Bertz CT molecular complexity index is 742. The number of hydrogen-bond donors (Lipinski definition) is 2. The van der Waals surface area contributed by atoms with Gasteiger partial charge in [-0.2, -0.15) is 5.26 Å². The van der Waals surface area contributed by atoms with Crippen LogP contribution >= 0.6 is 0 Å². The number of hydrogen-bond acceptors (Lipinski definition) is 4. The molecule has 106 valence electrons. The summed E-state index contributed by atoms with van der Waals surface area (Å²) in [6.45, 7) is -0.107. The van der Waals surface area contributed by atoms with Crippen molar-refractivity contribution in [3.05, 3.63) is 58.5 Å². The van der Waals surface area contributed by atoms with Crippen molar-refractivity contribution >= 4 is 17.3 Å². The molecular weight excluding hydrogens is 268 g/mol. The average molecular weight is 282 g/mol. The van der Waals surface area contributed by atoms with Gasteiger partial charge in [-0.05, 0) is 23.8 Å². The SMILES string of the molecule is N#CCc1ccc(NC(=O)Cn2cc(N)ccc2=O)cc1. The third kappa shape index (κ3) is 3.94. The van der Waals surface area contributed by atoms with E-state index in [-0.39, 0.29) is 18.0 Å². The minimum absolute atomic E-state index is 0.107. The first-order valence-corrected chi connectivity index (χ1v) is 6.30. The molecule has 1 aromatic carbocycles. The number of nitrogen functional groups attached to an aromatic ring is 1. The highest BCUT2D eigenvalue weighted by Crippen LogP contribution is 2.10. The molecule has 6 heteroatoms. The summed E-state index contributed by atoms with van der Waals surface area (Å²) in [5.41, 5.74) is 7.20. The van der Waals surface area contributed by atoms with E-state index in [2.05, 4.69) is 11.4 Å². The summed E-state index contributed by atoms with van der Waals surface area (Å²) in [6.07, 6.45) is 1.75. The zero-order valence-electron chi connectivity index (χ0n) is 11.2. The van der Waals surface area contributed by atoms with E-state index in [0.717, 1.165) is 5.56 Å². The Hall–Kier alpha value is -3.07. The van der Waals surface area contributed by atoms with Gasteiger partial charge in [0.15, 0.2) is 0 Å². The maximum absolute atomic E-state index is 11.9. The maximum atomic E-state index is 11.9. The topological polar surface area (TPSA) is 101 Å². The molecule has 0 bridgehead atoms. The molecule has 0 spiro atoms. The molecule has 2 rings (SSSR count). The van der Waals surface area contributed by atoms with E-state index in [1.54, 1.807) is 24.3 Å². The van der Waals surface area contributed by atoms with Crippen molar-refractivity contribution in [3.63, 3.8) is 0 Å². The van der Waals surface area contributed by atoms with Crippen molar-refractivity contribution in [2.45, 2.75) is 13.0 Å². The molecular formula is C15H14N4O2. The van der Waals surface area contributed by atoms with Crippen LogP contribution in [0.1, 0.15) is 5.56 Å². The molecule has 0 aliphatic heterocycles. The third-order valence-electron chi connectivity index (χ3n) is 2.84. The number of anilines is 2. The molecule has 2 aromatic rings. The lowest BCUT2D eigenvalue weighted by Crippen LogP contribution is -2.27. The molecule has 0 saturated carbocycles. The van der Waals surface area contributed by atoms with Gasteiger partial charge in [0.25, 0.3) is 5.56 Å². The summed E-state index contributed by atoms with van der Waals surface area (Å²) in [4.78, 5) is 23.5. The van der Waals surface area contributed by atoms with Crippen LogP contribution in [0.3, 0.4) is 0 Å². The molecule has 0 radical (unpaired) electrons. The first-order chi connectivity index (χ1) is 10.1. The van der Waals surface area contributed by atoms with Crippen LogP contribution in [0.15, 0.2) is 47.4 Å². The number of pyridine rings is 1. The summed E-state index contributed by atoms with van der Waals surface area (Å²) >= 11 is 0. The van der Waals surface area contributed by atoms with E-state index in [1.165, 1.54) is 22.9 Å². The van der Waals surface area contributed by atoms with Gasteiger partial charge >= 0.3 is 0 Å². The number of benzene rings is 1. The molecule has 0 aliphatic rings. The van der Waals surface area contributed by atoms with E-state index in [9.17, 15) is 9.59 Å². The van der Waals surface area contributed by atoms with Gasteiger partial charge < -0.3 is 15.6 Å². The van der Waals surface area contributed by atoms with E-state index < -0.39 is 0 Å². The fourth-order valence-corrected chi connectivity index (χ4v) is 1.83. The average Bonchev–Trinajstić information content (AvgIpc) is 2.45. The number of rotatable bonds is 4. The van der Waals surface area contributed by atoms with Crippen LogP contribution in [-0.2, 0) is 17.8 Å². The van der Waals surface area contributed by atoms with E-state index >= 15 is 0 Å². The van der Waals surface area contributed by atoms with Gasteiger partial charge in [0.05, 0.1) is 12.5 Å². The first kappa shape index (κ1) is 14.3. The second kappa shape index (κ2) is 6.39. The minimum Gasteiger partial charge on any atom is -0.398 e. The van der Waals surface area contributed by atoms with Gasteiger partial charge in [-0.1, -0.05) is 12.1 Å². The Kier molecular flexibility index (Phi) is 4.36. The number of aromatic nitrogens is 1. The minimum atomic E-state index is -0.323. The predicted octanol–water partition coefficient (Wildman–Crippen LogP) is 1.14. The van der Waals surface area contributed by atoms with Gasteiger partial charge in [-0.25, -0.2) is 0 Å². The third-order valence-corrected chi connectivity index (χ3v) is 2.84. The van der Waals surface area contributed by atoms with E-state index in [0.29, 0.717) is 17.8 Å². The number of amides is 1. The number of carbonyl (C=O) groups excluding carboxylic acids is 1.